The van der Waals surface area contributed by atoms with Crippen LogP contribution in [0.25, 0.3) is 0 Å². The van der Waals surface area contributed by atoms with Crippen LogP contribution >= 0.6 is 0 Å². The summed E-state index contributed by atoms with van der Waals surface area (Å²) < 4.78 is 0. The summed E-state index contributed by atoms with van der Waals surface area (Å²) in [4.78, 5) is 6.88. The molecule has 0 aliphatic rings. The predicted octanol–water partition coefficient (Wildman–Crippen LogP) is 6.44. The van der Waals surface area contributed by atoms with Crippen LogP contribution in [0, 0.1) is 12.1 Å². The van der Waals surface area contributed by atoms with Crippen molar-refractivity contribution in [2.75, 3.05) is 0 Å². The van der Waals surface area contributed by atoms with Crippen molar-refractivity contribution in [1.29, 1.82) is 0 Å². The summed E-state index contributed by atoms with van der Waals surface area (Å²) in [5.74, 6) is 0. The van der Waals surface area contributed by atoms with Gasteiger partial charge in [-0.2, -0.15) is 0 Å². The normalized spacial score (nSPS) is 12.9. The molecule has 27 heavy (non-hydrogen) atoms. The van der Waals surface area contributed by atoms with Crippen LogP contribution in [0.1, 0.15) is 106 Å². The van der Waals surface area contributed by atoms with Gasteiger partial charge in [0.25, 0.3) is 0 Å². The fourth-order valence-corrected chi connectivity index (χ4v) is 2.32. The molecule has 0 saturated carbocycles. The van der Waals surface area contributed by atoms with Gasteiger partial charge in [-0.1, -0.05) is 105 Å². The monoisotopic (exact) mass is 396 g/mol. The molecule has 0 aliphatic heterocycles. The van der Waals surface area contributed by atoms with E-state index in [1.165, 1.54) is 22.8 Å². The van der Waals surface area contributed by atoms with Gasteiger partial charge in [-0.25, -0.2) is 24.3 Å². The first-order valence-corrected chi connectivity index (χ1v) is 9.65. The number of hydrogen-bond donors (Lipinski definition) is 2. The molecule has 0 bridgehead atoms. The number of aromatic nitrogens is 2. The zero-order valence-electron chi connectivity index (χ0n) is 19.9. The van der Waals surface area contributed by atoms with E-state index in [9.17, 15) is 0 Å². The fraction of sp³-hybridized carbons (Fsp3) is 0.667. The van der Waals surface area contributed by atoms with E-state index in [0.717, 1.165) is 0 Å². The number of rotatable bonds is 0. The Kier molecular flexibility index (Phi) is 9.03. The Bertz CT molecular complexity index is 573. The van der Waals surface area contributed by atoms with E-state index in [-0.39, 0.29) is 59.4 Å². The van der Waals surface area contributed by atoms with E-state index < -0.39 is 0 Å². The van der Waals surface area contributed by atoms with Crippen LogP contribution in [0.5, 0.6) is 0 Å². The smallest absolute Gasteiger partial charge is 0.454 e. The largest absolute Gasteiger partial charge is 2.00 e. The third-order valence-electron chi connectivity index (χ3n) is 4.36. The molecule has 0 spiro atoms. The minimum atomic E-state index is 0. The fourth-order valence-electron chi connectivity index (χ4n) is 2.32. The minimum Gasteiger partial charge on any atom is -0.454 e. The van der Waals surface area contributed by atoms with Crippen molar-refractivity contribution in [2.45, 2.75) is 105 Å². The Labute approximate surface area is 198 Å². The standard InChI is InChI=1S/2C12H20N.Ca/c2*1-11(2,3)9-7-8-10(13-9)12(4,5)6;/h2*7,13H,1-6H3;/q2*-1;+2. The van der Waals surface area contributed by atoms with Crippen molar-refractivity contribution in [1.82, 2.24) is 9.97 Å². The summed E-state index contributed by atoms with van der Waals surface area (Å²) in [5.41, 5.74) is 5.64. The molecule has 0 unspecified atom stereocenters. The Morgan fingerprint density at radius 2 is 0.778 bits per heavy atom. The van der Waals surface area contributed by atoms with Crippen molar-refractivity contribution >= 4 is 37.7 Å². The molecular weight excluding hydrogens is 356 g/mol. The summed E-state index contributed by atoms with van der Waals surface area (Å²) in [7, 11) is 0. The number of nitrogens with one attached hydrogen (secondary N) is 2. The second kappa shape index (κ2) is 9.09. The second-order valence-corrected chi connectivity index (χ2v) is 11.4. The van der Waals surface area contributed by atoms with E-state index >= 15 is 0 Å². The first kappa shape index (κ1) is 26.8. The first-order valence-electron chi connectivity index (χ1n) is 9.65. The van der Waals surface area contributed by atoms with Gasteiger partial charge in [-0.15, -0.1) is 11.4 Å². The molecular formula is C24H40CaN2. The Morgan fingerprint density at radius 3 is 0.889 bits per heavy atom. The van der Waals surface area contributed by atoms with Crippen LogP contribution in [0.2, 0.25) is 0 Å². The Morgan fingerprint density at radius 1 is 0.519 bits per heavy atom. The average molecular weight is 397 g/mol. The molecule has 2 heterocycles. The quantitative estimate of drug-likeness (QED) is 0.379. The van der Waals surface area contributed by atoms with Crippen molar-refractivity contribution in [3.63, 3.8) is 0 Å². The number of aromatic amines is 2. The molecule has 2 nitrogen and oxygen atoms in total. The van der Waals surface area contributed by atoms with Crippen LogP contribution in [0.3, 0.4) is 0 Å². The van der Waals surface area contributed by atoms with Gasteiger partial charge in [0.2, 0.25) is 0 Å². The minimum absolute atomic E-state index is 0. The van der Waals surface area contributed by atoms with Crippen LogP contribution in [-0.4, -0.2) is 47.7 Å². The summed E-state index contributed by atoms with van der Waals surface area (Å²) in [6.07, 6.45) is 0. The van der Waals surface area contributed by atoms with E-state index in [4.69, 9.17) is 0 Å². The molecule has 0 aromatic carbocycles. The molecule has 2 N–H and O–H groups in total. The topological polar surface area (TPSA) is 31.6 Å². The third-order valence-corrected chi connectivity index (χ3v) is 4.36. The predicted molar refractivity (Wildman–Crippen MR) is 120 cm³/mol. The second-order valence-electron chi connectivity index (χ2n) is 11.4. The molecule has 2 aromatic heterocycles. The molecule has 2 rings (SSSR count). The van der Waals surface area contributed by atoms with Gasteiger partial charge in [-0.3, -0.25) is 0 Å². The van der Waals surface area contributed by atoms with Gasteiger partial charge in [0.05, 0.1) is 0 Å². The summed E-state index contributed by atoms with van der Waals surface area (Å²) >= 11 is 0. The molecule has 0 saturated heterocycles. The third kappa shape index (κ3) is 8.38. The van der Waals surface area contributed by atoms with Crippen molar-refractivity contribution < 1.29 is 0 Å². The summed E-state index contributed by atoms with van der Waals surface area (Å²) in [6.45, 7) is 26.4. The summed E-state index contributed by atoms with van der Waals surface area (Å²) in [6, 6.07) is 10.7. The molecule has 2 aromatic rings. The van der Waals surface area contributed by atoms with Crippen LogP contribution in [0.4, 0.5) is 0 Å². The molecule has 0 fully saturated rings. The van der Waals surface area contributed by atoms with E-state index in [1.54, 1.807) is 0 Å². The molecule has 0 aliphatic carbocycles. The van der Waals surface area contributed by atoms with Crippen molar-refractivity contribution in [3.05, 3.63) is 47.0 Å². The van der Waals surface area contributed by atoms with Gasteiger partial charge in [0.15, 0.2) is 0 Å². The van der Waals surface area contributed by atoms with E-state index in [0.29, 0.717) is 0 Å². The van der Waals surface area contributed by atoms with Gasteiger partial charge in [0, 0.05) is 0 Å². The van der Waals surface area contributed by atoms with Crippen LogP contribution in [-0.2, 0) is 21.7 Å². The molecule has 0 radical (unpaired) electrons. The molecule has 3 heteroatoms. The van der Waals surface area contributed by atoms with Gasteiger partial charge in [-0.05, 0) is 10.8 Å². The number of hydrogen-bond acceptors (Lipinski definition) is 0. The van der Waals surface area contributed by atoms with Crippen LogP contribution in [0.15, 0.2) is 12.1 Å². The number of H-pyrrole nitrogens is 2. The summed E-state index contributed by atoms with van der Waals surface area (Å²) in [5, 5.41) is 0. The maximum atomic E-state index is 3.44. The van der Waals surface area contributed by atoms with E-state index in [2.05, 4.69) is 117 Å². The molecule has 148 valence electrons. The Hall–Kier alpha value is -0.180. The zero-order valence-corrected chi connectivity index (χ0v) is 22.1. The SMILES string of the molecule is CC(C)(C)c1[c-]cc(C(C)(C)C)[nH]1.CC(C)(C)c1[c-]cc(C(C)(C)C)[nH]1.[Ca+2]. The van der Waals surface area contributed by atoms with Gasteiger partial charge >= 0.3 is 37.7 Å². The van der Waals surface area contributed by atoms with Gasteiger partial charge < -0.3 is 9.97 Å². The van der Waals surface area contributed by atoms with Crippen molar-refractivity contribution in [3.8, 4) is 0 Å². The average Bonchev–Trinajstić information content (AvgIpc) is 3.06. The first-order chi connectivity index (χ1) is 11.4. The molecule has 0 atom stereocenters. The zero-order chi connectivity index (χ0) is 20.6. The maximum absolute atomic E-state index is 3.44. The Balaban J connectivity index is 0.000000483. The van der Waals surface area contributed by atoms with Gasteiger partial charge in [0.1, 0.15) is 0 Å². The van der Waals surface area contributed by atoms with Crippen molar-refractivity contribution in [2.24, 2.45) is 0 Å². The maximum Gasteiger partial charge on any atom is 2.00 e. The van der Waals surface area contributed by atoms with E-state index in [1.807, 2.05) is 0 Å². The van der Waals surface area contributed by atoms with Crippen LogP contribution < -0.4 is 0 Å². The molecule has 0 amide bonds.